The highest BCUT2D eigenvalue weighted by atomic mass is 16.5. The third kappa shape index (κ3) is 3.86. The molecule has 0 amide bonds. The van der Waals surface area contributed by atoms with Gasteiger partial charge in [-0.15, -0.1) is 0 Å². The molecule has 1 aromatic carbocycles. The lowest BCUT2D eigenvalue weighted by atomic mass is 9.64. The van der Waals surface area contributed by atoms with Gasteiger partial charge >= 0.3 is 0 Å². The van der Waals surface area contributed by atoms with Gasteiger partial charge in [-0.1, -0.05) is 31.6 Å². The van der Waals surface area contributed by atoms with E-state index in [9.17, 15) is 10.2 Å². The van der Waals surface area contributed by atoms with E-state index in [0.29, 0.717) is 17.6 Å². The van der Waals surface area contributed by atoms with E-state index in [1.54, 1.807) is 6.07 Å². The molecule has 3 atom stereocenters. The van der Waals surface area contributed by atoms with Gasteiger partial charge in [0.15, 0.2) is 0 Å². The highest BCUT2D eigenvalue weighted by Crippen LogP contribution is 2.55. The van der Waals surface area contributed by atoms with Crippen molar-refractivity contribution >= 4 is 0 Å². The van der Waals surface area contributed by atoms with Gasteiger partial charge in [0.1, 0.15) is 17.1 Å². The number of rotatable bonds is 4. The highest BCUT2D eigenvalue weighted by Gasteiger charge is 2.47. The van der Waals surface area contributed by atoms with E-state index in [1.165, 1.54) is 12.8 Å². The number of phenols is 1. The van der Waals surface area contributed by atoms with Gasteiger partial charge in [-0.05, 0) is 63.5 Å². The fourth-order valence-electron chi connectivity index (χ4n) is 4.70. The van der Waals surface area contributed by atoms with Gasteiger partial charge in [-0.2, -0.15) is 0 Å². The second-order valence-electron chi connectivity index (χ2n) is 8.45. The van der Waals surface area contributed by atoms with Crippen LogP contribution in [0.25, 0.3) is 0 Å². The van der Waals surface area contributed by atoms with Crippen LogP contribution in [0.3, 0.4) is 0 Å². The molecule has 0 spiro atoms. The number of benzene rings is 1. The van der Waals surface area contributed by atoms with Crippen LogP contribution >= 0.6 is 0 Å². The zero-order chi connectivity index (χ0) is 18.7. The fourth-order valence-corrected chi connectivity index (χ4v) is 4.70. The lowest BCUT2D eigenvalue weighted by Gasteiger charge is -2.49. The van der Waals surface area contributed by atoms with Crippen molar-refractivity contribution in [1.82, 2.24) is 0 Å². The molecule has 1 heterocycles. The summed E-state index contributed by atoms with van der Waals surface area (Å²) < 4.78 is 6.33. The smallest absolute Gasteiger partial charge is 0.128 e. The standard InChI is InChI=1S/C23H32O3/c1-4-5-6-7-8-9-16-13-20(25)22-18-12-17(15-24)10-11-19(18)23(2,3)26-21(22)14-16/h13-14,17-19,24-25H,4-7,10-12,15H2,1-3H3/t17-,18-,19-/m1/s1. The SMILES string of the molecule is CCCCCC#Cc1cc(O)c2c(c1)OC(C)(C)[C@@H]1CC[C@@H](CO)C[C@@H]21. The third-order valence-corrected chi connectivity index (χ3v) is 6.11. The number of hydrogen-bond donors (Lipinski definition) is 2. The molecule has 1 aliphatic carbocycles. The quantitative estimate of drug-likeness (QED) is 0.590. The number of fused-ring (bicyclic) bond motifs is 3. The number of phenolic OH excluding ortho intramolecular Hbond substituents is 1. The Labute approximate surface area is 157 Å². The van der Waals surface area contributed by atoms with Crippen molar-refractivity contribution in [2.75, 3.05) is 6.61 Å². The average Bonchev–Trinajstić information content (AvgIpc) is 2.60. The minimum absolute atomic E-state index is 0.224. The number of ether oxygens (including phenoxy) is 1. The Balaban J connectivity index is 1.89. The fraction of sp³-hybridized carbons (Fsp3) is 0.652. The van der Waals surface area contributed by atoms with Gasteiger partial charge in [0.25, 0.3) is 0 Å². The zero-order valence-corrected chi connectivity index (χ0v) is 16.3. The summed E-state index contributed by atoms with van der Waals surface area (Å²) in [6, 6.07) is 3.77. The molecule has 26 heavy (non-hydrogen) atoms. The second-order valence-corrected chi connectivity index (χ2v) is 8.45. The molecule has 2 aliphatic rings. The van der Waals surface area contributed by atoms with Crippen LogP contribution in [0.4, 0.5) is 0 Å². The van der Waals surface area contributed by atoms with Crippen molar-refractivity contribution in [3.63, 3.8) is 0 Å². The molecule has 142 valence electrons. The minimum atomic E-state index is -0.266. The molecule has 3 heteroatoms. The molecule has 1 aliphatic heterocycles. The predicted octanol–water partition coefficient (Wildman–Crippen LogP) is 4.99. The van der Waals surface area contributed by atoms with Crippen LogP contribution < -0.4 is 4.74 Å². The summed E-state index contributed by atoms with van der Waals surface area (Å²) >= 11 is 0. The molecule has 0 bridgehead atoms. The topological polar surface area (TPSA) is 49.7 Å². The number of unbranched alkanes of at least 4 members (excludes halogenated alkanes) is 3. The summed E-state index contributed by atoms with van der Waals surface area (Å²) in [6.45, 7) is 6.70. The van der Waals surface area contributed by atoms with Crippen molar-refractivity contribution in [2.45, 2.75) is 77.2 Å². The van der Waals surface area contributed by atoms with Crippen LogP contribution in [-0.4, -0.2) is 22.4 Å². The molecule has 1 saturated carbocycles. The van der Waals surface area contributed by atoms with E-state index in [4.69, 9.17) is 4.74 Å². The first-order valence-corrected chi connectivity index (χ1v) is 10.1. The monoisotopic (exact) mass is 356 g/mol. The maximum atomic E-state index is 10.7. The largest absolute Gasteiger partial charge is 0.507 e. The molecule has 2 N–H and O–H groups in total. The molecular formula is C23H32O3. The molecule has 0 saturated heterocycles. The molecule has 3 rings (SSSR count). The minimum Gasteiger partial charge on any atom is -0.507 e. The first-order valence-electron chi connectivity index (χ1n) is 10.1. The van der Waals surface area contributed by atoms with Gasteiger partial charge in [-0.3, -0.25) is 0 Å². The van der Waals surface area contributed by atoms with Crippen LogP contribution in [0.2, 0.25) is 0 Å². The Morgan fingerprint density at radius 2 is 2.04 bits per heavy atom. The summed E-state index contributed by atoms with van der Waals surface area (Å²) in [5.41, 5.74) is 1.48. The van der Waals surface area contributed by atoms with E-state index >= 15 is 0 Å². The summed E-state index contributed by atoms with van der Waals surface area (Å²) in [5.74, 6) is 8.39. The molecule has 3 nitrogen and oxygen atoms in total. The maximum absolute atomic E-state index is 10.7. The van der Waals surface area contributed by atoms with Crippen molar-refractivity contribution in [1.29, 1.82) is 0 Å². The number of aromatic hydroxyl groups is 1. The van der Waals surface area contributed by atoms with Crippen molar-refractivity contribution in [2.24, 2.45) is 11.8 Å². The van der Waals surface area contributed by atoms with Crippen molar-refractivity contribution in [3.8, 4) is 23.3 Å². The molecule has 1 fully saturated rings. The second kappa shape index (κ2) is 7.92. The Kier molecular flexibility index (Phi) is 5.82. The molecule has 1 aromatic rings. The molecular weight excluding hydrogens is 324 g/mol. The van der Waals surface area contributed by atoms with Gasteiger partial charge in [0, 0.05) is 30.1 Å². The summed E-state index contributed by atoms with van der Waals surface area (Å²) in [7, 11) is 0. The first kappa shape index (κ1) is 19.1. The molecule has 0 aromatic heterocycles. The van der Waals surface area contributed by atoms with E-state index in [2.05, 4.69) is 32.6 Å². The summed E-state index contributed by atoms with van der Waals surface area (Å²) in [5, 5.41) is 20.4. The Bertz CT molecular complexity index is 695. The number of aliphatic hydroxyl groups excluding tert-OH is 1. The number of aliphatic hydroxyl groups is 1. The summed E-state index contributed by atoms with van der Waals surface area (Å²) in [6.07, 6.45) is 7.38. The zero-order valence-electron chi connectivity index (χ0n) is 16.3. The Hall–Kier alpha value is -1.66. The van der Waals surface area contributed by atoms with E-state index in [1.807, 2.05) is 6.07 Å². The normalized spacial score (nSPS) is 26.1. The van der Waals surface area contributed by atoms with E-state index in [-0.39, 0.29) is 18.1 Å². The molecule has 0 radical (unpaired) electrons. The Morgan fingerprint density at radius 1 is 1.23 bits per heavy atom. The van der Waals surface area contributed by atoms with Crippen LogP contribution in [0.1, 0.15) is 82.8 Å². The highest BCUT2D eigenvalue weighted by molar-refractivity contribution is 5.55. The van der Waals surface area contributed by atoms with Crippen LogP contribution in [0.15, 0.2) is 12.1 Å². The number of hydrogen-bond acceptors (Lipinski definition) is 3. The van der Waals surface area contributed by atoms with Crippen LogP contribution in [-0.2, 0) is 0 Å². The predicted molar refractivity (Wildman–Crippen MR) is 104 cm³/mol. The lowest BCUT2D eigenvalue weighted by Crippen LogP contribution is -2.47. The first-order chi connectivity index (χ1) is 12.5. The average molecular weight is 357 g/mol. The van der Waals surface area contributed by atoms with Crippen molar-refractivity contribution < 1.29 is 14.9 Å². The van der Waals surface area contributed by atoms with E-state index in [0.717, 1.165) is 49.0 Å². The van der Waals surface area contributed by atoms with Gasteiger partial charge < -0.3 is 14.9 Å². The molecule has 0 unspecified atom stereocenters. The van der Waals surface area contributed by atoms with Crippen LogP contribution in [0, 0.1) is 23.7 Å². The Morgan fingerprint density at radius 3 is 2.77 bits per heavy atom. The maximum Gasteiger partial charge on any atom is 0.128 e. The third-order valence-electron chi connectivity index (χ3n) is 6.11. The van der Waals surface area contributed by atoms with Gasteiger partial charge in [0.05, 0.1) is 0 Å². The lowest BCUT2D eigenvalue weighted by molar-refractivity contribution is -0.0210. The van der Waals surface area contributed by atoms with Crippen LogP contribution in [0.5, 0.6) is 11.5 Å². The van der Waals surface area contributed by atoms with Gasteiger partial charge in [0.2, 0.25) is 0 Å². The van der Waals surface area contributed by atoms with Crippen molar-refractivity contribution in [3.05, 3.63) is 23.3 Å². The van der Waals surface area contributed by atoms with E-state index < -0.39 is 0 Å². The summed E-state index contributed by atoms with van der Waals surface area (Å²) in [4.78, 5) is 0. The van der Waals surface area contributed by atoms with Gasteiger partial charge in [-0.25, -0.2) is 0 Å².